The number of nitrogens with one attached hydrogen (secondary N) is 1. The number of hydrogen-bond donors (Lipinski definition) is 1. The molecule has 1 amide bonds. The zero-order valence-electron chi connectivity index (χ0n) is 12.1. The number of hydrogen-bond acceptors (Lipinski definition) is 3. The summed E-state index contributed by atoms with van der Waals surface area (Å²) in [7, 11) is 0. The molecular formula is C17H17NO2S. The zero-order chi connectivity index (χ0) is 15.2. The van der Waals surface area contributed by atoms with Gasteiger partial charge in [-0.15, -0.1) is 11.8 Å². The van der Waals surface area contributed by atoms with Crippen LogP contribution in [0.5, 0.6) is 0 Å². The molecule has 0 heterocycles. The molecule has 0 fully saturated rings. The minimum atomic E-state index is -0.0532. The first-order valence-electron chi connectivity index (χ1n) is 6.65. The molecule has 0 unspecified atom stereocenters. The van der Waals surface area contributed by atoms with Crippen LogP contribution in [0, 0.1) is 6.92 Å². The minimum absolute atomic E-state index is 0.0295. The molecule has 0 aliphatic carbocycles. The number of amides is 1. The number of carbonyl (C=O) groups excluding carboxylic acids is 2. The van der Waals surface area contributed by atoms with E-state index < -0.39 is 0 Å². The van der Waals surface area contributed by atoms with Gasteiger partial charge in [0.2, 0.25) is 5.91 Å². The van der Waals surface area contributed by atoms with Crippen LogP contribution in [0.3, 0.4) is 0 Å². The molecule has 0 aliphatic rings. The second-order valence-electron chi connectivity index (χ2n) is 4.74. The maximum Gasteiger partial charge on any atom is 0.234 e. The normalized spacial score (nSPS) is 10.2. The third-order valence-corrected chi connectivity index (χ3v) is 4.02. The lowest BCUT2D eigenvalue weighted by atomic mass is 10.2. The van der Waals surface area contributed by atoms with Gasteiger partial charge in [-0.1, -0.05) is 30.3 Å². The molecule has 0 bridgehead atoms. The summed E-state index contributed by atoms with van der Waals surface area (Å²) in [6.45, 7) is 3.49. The van der Waals surface area contributed by atoms with Crippen LogP contribution in [0.4, 0.5) is 5.69 Å². The lowest BCUT2D eigenvalue weighted by Crippen LogP contribution is -2.14. The van der Waals surface area contributed by atoms with Crippen molar-refractivity contribution in [2.45, 2.75) is 18.7 Å². The molecule has 0 saturated carbocycles. The molecule has 0 saturated heterocycles. The van der Waals surface area contributed by atoms with Crippen LogP contribution in [-0.2, 0) is 4.79 Å². The first-order chi connectivity index (χ1) is 10.1. The molecule has 2 aromatic rings. The summed E-state index contributed by atoms with van der Waals surface area (Å²) in [4.78, 5) is 24.2. The second kappa shape index (κ2) is 7.09. The van der Waals surface area contributed by atoms with Crippen molar-refractivity contribution in [3.05, 3.63) is 59.7 Å². The monoisotopic (exact) mass is 299 g/mol. The first-order valence-corrected chi connectivity index (χ1v) is 7.64. The number of Topliss-reactive ketones (excluding diaryl/α,β-unsaturated/α-hetero) is 1. The highest BCUT2D eigenvalue weighted by Crippen LogP contribution is 2.20. The molecule has 21 heavy (non-hydrogen) atoms. The van der Waals surface area contributed by atoms with Crippen molar-refractivity contribution in [3.63, 3.8) is 0 Å². The minimum Gasteiger partial charge on any atom is -0.325 e. The van der Waals surface area contributed by atoms with Crippen molar-refractivity contribution in [2.24, 2.45) is 0 Å². The van der Waals surface area contributed by atoms with Gasteiger partial charge in [0, 0.05) is 16.1 Å². The Bertz CT molecular complexity index is 667. The fourth-order valence-corrected chi connectivity index (χ4v) is 2.61. The lowest BCUT2D eigenvalue weighted by Gasteiger charge is -2.08. The van der Waals surface area contributed by atoms with Crippen molar-refractivity contribution >= 4 is 29.1 Å². The van der Waals surface area contributed by atoms with Gasteiger partial charge >= 0.3 is 0 Å². The van der Waals surface area contributed by atoms with Crippen LogP contribution in [0.15, 0.2) is 53.4 Å². The predicted octanol–water partition coefficient (Wildman–Crippen LogP) is 3.93. The number of rotatable bonds is 5. The molecule has 0 aliphatic heterocycles. The highest BCUT2D eigenvalue weighted by molar-refractivity contribution is 8.00. The number of carbonyl (C=O) groups is 2. The molecule has 3 nitrogen and oxygen atoms in total. The summed E-state index contributed by atoms with van der Waals surface area (Å²) in [6, 6.07) is 15.0. The zero-order valence-corrected chi connectivity index (χ0v) is 12.9. The van der Waals surface area contributed by atoms with Gasteiger partial charge in [-0.05, 0) is 37.6 Å². The Morgan fingerprint density at radius 2 is 1.86 bits per heavy atom. The summed E-state index contributed by atoms with van der Waals surface area (Å²) >= 11 is 1.42. The first kappa shape index (κ1) is 15.3. The van der Waals surface area contributed by atoms with Crippen molar-refractivity contribution in [3.8, 4) is 0 Å². The Labute approximate surface area is 128 Å². The lowest BCUT2D eigenvalue weighted by molar-refractivity contribution is -0.113. The average Bonchev–Trinajstić information content (AvgIpc) is 2.48. The Balaban J connectivity index is 1.94. The summed E-state index contributed by atoms with van der Waals surface area (Å²) in [5.74, 6) is 0.291. The third kappa shape index (κ3) is 4.46. The van der Waals surface area contributed by atoms with Crippen LogP contribution >= 0.6 is 11.8 Å². The number of benzene rings is 2. The molecule has 4 heteroatoms. The summed E-state index contributed by atoms with van der Waals surface area (Å²) < 4.78 is 0. The Morgan fingerprint density at radius 3 is 2.57 bits per heavy atom. The van der Waals surface area contributed by atoms with E-state index >= 15 is 0 Å². The van der Waals surface area contributed by atoms with Gasteiger partial charge in [0.25, 0.3) is 0 Å². The average molecular weight is 299 g/mol. The van der Waals surface area contributed by atoms with Crippen molar-refractivity contribution in [1.29, 1.82) is 0 Å². The number of anilines is 1. The van der Waals surface area contributed by atoms with E-state index in [1.165, 1.54) is 18.7 Å². The number of thioether (sulfide) groups is 1. The van der Waals surface area contributed by atoms with Crippen LogP contribution in [0.2, 0.25) is 0 Å². The van der Waals surface area contributed by atoms with Gasteiger partial charge in [-0.3, -0.25) is 9.59 Å². The third-order valence-electron chi connectivity index (χ3n) is 3.03. The molecule has 108 valence electrons. The molecule has 1 N–H and O–H groups in total. The molecular weight excluding hydrogens is 282 g/mol. The van der Waals surface area contributed by atoms with Crippen LogP contribution in [0.25, 0.3) is 0 Å². The van der Waals surface area contributed by atoms with E-state index in [0.29, 0.717) is 11.3 Å². The smallest absolute Gasteiger partial charge is 0.234 e. The van der Waals surface area contributed by atoms with Gasteiger partial charge < -0.3 is 5.32 Å². The van der Waals surface area contributed by atoms with Crippen molar-refractivity contribution < 1.29 is 9.59 Å². The van der Waals surface area contributed by atoms with E-state index in [1.54, 1.807) is 6.07 Å². The fourth-order valence-electron chi connectivity index (χ4n) is 1.85. The van der Waals surface area contributed by atoms with E-state index in [1.807, 2.05) is 49.4 Å². The highest BCUT2D eigenvalue weighted by atomic mass is 32.2. The van der Waals surface area contributed by atoms with E-state index in [4.69, 9.17) is 0 Å². The number of aryl methyl sites for hydroxylation is 1. The van der Waals surface area contributed by atoms with Gasteiger partial charge in [0.05, 0.1) is 5.75 Å². The maximum absolute atomic E-state index is 12.0. The van der Waals surface area contributed by atoms with Crippen LogP contribution < -0.4 is 5.32 Å². The van der Waals surface area contributed by atoms with E-state index in [0.717, 1.165) is 16.1 Å². The Kier molecular flexibility index (Phi) is 5.17. The van der Waals surface area contributed by atoms with Crippen LogP contribution in [-0.4, -0.2) is 17.4 Å². The topological polar surface area (TPSA) is 46.2 Å². The van der Waals surface area contributed by atoms with Crippen LogP contribution in [0.1, 0.15) is 22.8 Å². The van der Waals surface area contributed by atoms with Gasteiger partial charge in [0.1, 0.15) is 0 Å². The second-order valence-corrected chi connectivity index (χ2v) is 5.78. The summed E-state index contributed by atoms with van der Waals surface area (Å²) in [5, 5.41) is 2.89. The van der Waals surface area contributed by atoms with Gasteiger partial charge in [-0.2, -0.15) is 0 Å². The Morgan fingerprint density at radius 1 is 1.10 bits per heavy atom. The van der Waals surface area contributed by atoms with E-state index in [9.17, 15) is 9.59 Å². The maximum atomic E-state index is 12.0. The van der Waals surface area contributed by atoms with Gasteiger partial charge in [0.15, 0.2) is 5.78 Å². The van der Waals surface area contributed by atoms with Gasteiger partial charge in [-0.25, -0.2) is 0 Å². The molecule has 0 spiro atoms. The molecule has 0 aromatic heterocycles. The number of para-hydroxylation sites is 1. The molecule has 0 radical (unpaired) electrons. The highest BCUT2D eigenvalue weighted by Gasteiger charge is 2.06. The SMILES string of the molecule is CC(=O)c1cccc(SCC(=O)Nc2ccccc2C)c1. The van der Waals surface area contributed by atoms with Crippen molar-refractivity contribution in [1.82, 2.24) is 0 Å². The number of ketones is 1. The van der Waals surface area contributed by atoms with Crippen molar-refractivity contribution in [2.75, 3.05) is 11.1 Å². The summed E-state index contributed by atoms with van der Waals surface area (Å²) in [5.41, 5.74) is 2.54. The van der Waals surface area contributed by atoms with E-state index in [-0.39, 0.29) is 11.7 Å². The molecule has 0 atom stereocenters. The predicted molar refractivity (Wildman–Crippen MR) is 87.0 cm³/mol. The molecule has 2 aromatic carbocycles. The van der Waals surface area contributed by atoms with E-state index in [2.05, 4.69) is 5.32 Å². The molecule has 2 rings (SSSR count). The standard InChI is InChI=1S/C17H17NO2S/c1-12-6-3-4-9-16(12)18-17(20)11-21-15-8-5-7-14(10-15)13(2)19/h3-10H,11H2,1-2H3,(H,18,20). The Hall–Kier alpha value is -2.07. The quantitative estimate of drug-likeness (QED) is 0.672. The largest absolute Gasteiger partial charge is 0.325 e. The fraction of sp³-hybridized carbons (Fsp3) is 0.176. The summed E-state index contributed by atoms with van der Waals surface area (Å²) in [6.07, 6.45) is 0.